The fraction of sp³-hybridized carbons (Fsp3) is 0.294. The quantitative estimate of drug-likeness (QED) is 0.649. The van der Waals surface area contributed by atoms with Crippen LogP contribution in [0, 0.1) is 0 Å². The van der Waals surface area contributed by atoms with Crippen molar-refractivity contribution in [3.63, 3.8) is 0 Å². The molecule has 10 heteroatoms. The minimum atomic E-state index is -0.454. The Morgan fingerprint density at radius 1 is 1.19 bits per heavy atom. The maximum atomic E-state index is 12.4. The van der Waals surface area contributed by atoms with Gasteiger partial charge in [0.2, 0.25) is 11.8 Å². The van der Waals surface area contributed by atoms with E-state index in [4.69, 9.17) is 23.2 Å². The first kappa shape index (κ1) is 21.3. The number of hydrogen-bond donors (Lipinski definition) is 2. The van der Waals surface area contributed by atoms with Crippen LogP contribution in [0.25, 0.3) is 6.08 Å². The first-order valence-corrected chi connectivity index (χ1v) is 9.63. The monoisotopic (exact) mass is 429 g/mol. The summed E-state index contributed by atoms with van der Waals surface area (Å²) in [5.74, 6) is -1.08. The molecular formula is C17H17Cl2N3O4S. The summed E-state index contributed by atoms with van der Waals surface area (Å²) in [4.78, 5) is 48.5. The lowest BCUT2D eigenvalue weighted by atomic mass is 10.2. The van der Waals surface area contributed by atoms with Crippen LogP contribution in [-0.4, -0.2) is 47.5 Å². The van der Waals surface area contributed by atoms with Gasteiger partial charge < -0.3 is 10.6 Å². The van der Waals surface area contributed by atoms with E-state index in [9.17, 15) is 19.2 Å². The van der Waals surface area contributed by atoms with E-state index in [-0.39, 0.29) is 36.9 Å². The Hall–Kier alpha value is -2.03. The summed E-state index contributed by atoms with van der Waals surface area (Å²) in [6.45, 7) is 1.65. The number of nitrogens with zero attached hydrogens (tertiary/aromatic N) is 1. The van der Waals surface area contributed by atoms with E-state index in [2.05, 4.69) is 10.6 Å². The summed E-state index contributed by atoms with van der Waals surface area (Å²) in [7, 11) is 0. The van der Waals surface area contributed by atoms with Crippen LogP contribution in [0.1, 0.15) is 18.9 Å². The van der Waals surface area contributed by atoms with Crippen LogP contribution in [-0.2, 0) is 14.4 Å². The lowest BCUT2D eigenvalue weighted by molar-refractivity contribution is -0.126. The normalized spacial score (nSPS) is 15.4. The van der Waals surface area contributed by atoms with E-state index < -0.39 is 17.1 Å². The van der Waals surface area contributed by atoms with Gasteiger partial charge in [-0.2, -0.15) is 0 Å². The van der Waals surface area contributed by atoms with Crippen LogP contribution in [0.4, 0.5) is 4.79 Å². The molecule has 0 spiro atoms. The first-order chi connectivity index (χ1) is 12.8. The first-order valence-electron chi connectivity index (χ1n) is 8.05. The third kappa shape index (κ3) is 5.98. The van der Waals surface area contributed by atoms with E-state index in [1.54, 1.807) is 25.1 Å². The molecule has 0 unspecified atom stereocenters. The summed E-state index contributed by atoms with van der Waals surface area (Å²) >= 11 is 12.7. The number of amides is 4. The average molecular weight is 430 g/mol. The van der Waals surface area contributed by atoms with Crippen molar-refractivity contribution >= 4 is 64.0 Å². The minimum absolute atomic E-state index is 0.0316. The zero-order valence-electron chi connectivity index (χ0n) is 14.4. The highest BCUT2D eigenvalue weighted by atomic mass is 35.5. The highest BCUT2D eigenvalue weighted by molar-refractivity contribution is 8.18. The highest BCUT2D eigenvalue weighted by Crippen LogP contribution is 2.33. The Morgan fingerprint density at radius 3 is 2.59 bits per heavy atom. The highest BCUT2D eigenvalue weighted by Gasteiger charge is 2.34. The predicted octanol–water partition coefficient (Wildman–Crippen LogP) is 2.67. The maximum Gasteiger partial charge on any atom is 0.293 e. The molecule has 2 N–H and O–H groups in total. The van der Waals surface area contributed by atoms with Crippen LogP contribution in [0.2, 0.25) is 10.0 Å². The number of halogens is 2. The number of imide groups is 1. The maximum absolute atomic E-state index is 12.4. The van der Waals surface area contributed by atoms with Gasteiger partial charge in [-0.05, 0) is 35.5 Å². The van der Waals surface area contributed by atoms with Crippen LogP contribution >= 0.6 is 35.0 Å². The van der Waals surface area contributed by atoms with Crippen molar-refractivity contribution in [2.45, 2.75) is 13.3 Å². The summed E-state index contributed by atoms with van der Waals surface area (Å²) in [5.41, 5.74) is 0.575. The second-order valence-corrected chi connectivity index (χ2v) is 7.32. The number of nitrogens with one attached hydrogen (secondary N) is 2. The molecule has 144 valence electrons. The van der Waals surface area contributed by atoms with Crippen molar-refractivity contribution in [3.8, 4) is 0 Å². The van der Waals surface area contributed by atoms with Crippen molar-refractivity contribution in [2.75, 3.05) is 19.6 Å². The molecular weight excluding hydrogens is 413 g/mol. The third-order valence-electron chi connectivity index (χ3n) is 3.55. The number of carbonyl (C=O) groups is 4. The van der Waals surface area contributed by atoms with Crippen LogP contribution in [0.15, 0.2) is 23.1 Å². The zero-order valence-corrected chi connectivity index (χ0v) is 16.7. The molecule has 0 bridgehead atoms. The molecule has 4 amide bonds. The standard InChI is InChI=1S/C17H17Cl2N3O4S/c1-2-14(23)21-9-15(24)20-5-6-22-16(25)13(27-17(22)26)7-10-3-4-11(18)8-12(10)19/h3-4,7-8H,2,5-6,9H2,1H3,(H,20,24)(H,21,23). The van der Waals surface area contributed by atoms with Gasteiger partial charge in [0.15, 0.2) is 0 Å². The van der Waals surface area contributed by atoms with Crippen LogP contribution in [0.5, 0.6) is 0 Å². The predicted molar refractivity (Wildman–Crippen MR) is 105 cm³/mol. The number of carbonyl (C=O) groups excluding carboxylic acids is 4. The SMILES string of the molecule is CCC(=O)NCC(=O)NCCN1C(=O)SC(=Cc2ccc(Cl)cc2Cl)C1=O. The minimum Gasteiger partial charge on any atom is -0.353 e. The molecule has 0 saturated carbocycles. The molecule has 27 heavy (non-hydrogen) atoms. The van der Waals surface area contributed by atoms with Crippen molar-refractivity contribution in [1.29, 1.82) is 0 Å². The Morgan fingerprint density at radius 2 is 1.93 bits per heavy atom. The topological polar surface area (TPSA) is 95.6 Å². The number of benzene rings is 1. The summed E-state index contributed by atoms with van der Waals surface area (Å²) < 4.78 is 0. The van der Waals surface area contributed by atoms with Gasteiger partial charge >= 0.3 is 0 Å². The van der Waals surface area contributed by atoms with Gasteiger partial charge in [0.1, 0.15) is 0 Å². The lowest BCUT2D eigenvalue weighted by Crippen LogP contribution is -2.41. The molecule has 0 atom stereocenters. The van der Waals surface area contributed by atoms with Crippen molar-refractivity contribution in [1.82, 2.24) is 15.5 Å². The van der Waals surface area contributed by atoms with E-state index >= 15 is 0 Å². The number of hydrogen-bond acceptors (Lipinski definition) is 5. The average Bonchev–Trinajstić information content (AvgIpc) is 2.89. The molecule has 1 aromatic rings. The van der Waals surface area contributed by atoms with Crippen molar-refractivity contribution < 1.29 is 19.2 Å². The molecule has 1 aromatic carbocycles. The van der Waals surface area contributed by atoms with E-state index in [1.165, 1.54) is 6.08 Å². The molecule has 0 aliphatic carbocycles. The number of rotatable bonds is 7. The molecule has 1 saturated heterocycles. The fourth-order valence-corrected chi connectivity index (χ4v) is 3.45. The van der Waals surface area contributed by atoms with Gasteiger partial charge in [-0.3, -0.25) is 24.1 Å². The second kappa shape index (κ2) is 9.77. The van der Waals surface area contributed by atoms with Gasteiger partial charge in [0, 0.05) is 29.6 Å². The summed E-state index contributed by atoms with van der Waals surface area (Å²) in [6, 6.07) is 4.84. The van der Waals surface area contributed by atoms with Gasteiger partial charge in [0.25, 0.3) is 11.1 Å². The zero-order chi connectivity index (χ0) is 20.0. The molecule has 1 aliphatic rings. The molecule has 0 aromatic heterocycles. The van der Waals surface area contributed by atoms with E-state index in [0.717, 1.165) is 16.7 Å². The van der Waals surface area contributed by atoms with Gasteiger partial charge in [-0.15, -0.1) is 0 Å². The Bertz CT molecular complexity index is 813. The largest absolute Gasteiger partial charge is 0.353 e. The van der Waals surface area contributed by atoms with Crippen molar-refractivity contribution in [3.05, 3.63) is 38.7 Å². The summed E-state index contributed by atoms with van der Waals surface area (Å²) in [6.07, 6.45) is 1.82. The Labute approximate surface area is 170 Å². The molecule has 1 heterocycles. The fourth-order valence-electron chi connectivity index (χ4n) is 2.13. The van der Waals surface area contributed by atoms with E-state index in [1.807, 2.05) is 0 Å². The van der Waals surface area contributed by atoms with Gasteiger partial charge in [-0.1, -0.05) is 36.2 Å². The molecule has 2 rings (SSSR count). The Kier molecular flexibility index (Phi) is 7.70. The van der Waals surface area contributed by atoms with Crippen LogP contribution in [0.3, 0.4) is 0 Å². The lowest BCUT2D eigenvalue weighted by Gasteiger charge is -2.13. The van der Waals surface area contributed by atoms with Gasteiger partial charge in [0.05, 0.1) is 11.4 Å². The molecule has 7 nitrogen and oxygen atoms in total. The second-order valence-electron chi connectivity index (χ2n) is 5.48. The molecule has 1 fully saturated rings. The van der Waals surface area contributed by atoms with Crippen LogP contribution < -0.4 is 10.6 Å². The van der Waals surface area contributed by atoms with Crippen molar-refractivity contribution in [2.24, 2.45) is 0 Å². The number of thioether (sulfide) groups is 1. The summed E-state index contributed by atoms with van der Waals surface area (Å²) in [5, 5.41) is 5.40. The molecule has 1 aliphatic heterocycles. The van der Waals surface area contributed by atoms with Gasteiger partial charge in [-0.25, -0.2) is 0 Å². The molecule has 0 radical (unpaired) electrons. The van der Waals surface area contributed by atoms with E-state index in [0.29, 0.717) is 15.6 Å². The Balaban J connectivity index is 1.91. The third-order valence-corrected chi connectivity index (χ3v) is 5.02. The smallest absolute Gasteiger partial charge is 0.293 e.